The number of hydrogen-bond acceptors (Lipinski definition) is 12. The number of amides is 4. The molecule has 3 fully saturated rings. The minimum Gasteiger partial charge on any atom is -0.488 e. The van der Waals surface area contributed by atoms with E-state index in [2.05, 4.69) is 27.5 Å². The average molecular weight is 806 g/mol. The molecule has 2 aromatic heterocycles. The number of nitrogens with one attached hydrogen (secondary N) is 3. The van der Waals surface area contributed by atoms with Gasteiger partial charge in [-0.1, -0.05) is 26.8 Å². The van der Waals surface area contributed by atoms with Gasteiger partial charge in [0, 0.05) is 49.0 Å². The number of carbonyl (C=O) groups excluding carboxylic acids is 4. The molecule has 6 rings (SSSR count). The number of aromatic nitrogens is 2. The molecule has 1 aliphatic heterocycles. The Morgan fingerprint density at radius 1 is 1.07 bits per heavy atom. The molecule has 16 nitrogen and oxygen atoms in total. The number of carboxylic acid groups (broad SMARTS) is 1. The fourth-order valence-electron chi connectivity index (χ4n) is 6.95. The van der Waals surface area contributed by atoms with Gasteiger partial charge < -0.3 is 39.8 Å². The highest BCUT2D eigenvalue weighted by Crippen LogP contribution is 2.45. The third kappa shape index (κ3) is 9.08. The number of aliphatic carboxylic acids is 1. The van der Waals surface area contributed by atoms with Crippen LogP contribution in [0.25, 0.3) is 22.3 Å². The first-order valence-electron chi connectivity index (χ1n) is 19.1. The highest BCUT2D eigenvalue weighted by atomic mass is 32.1. The molecule has 2 aliphatic carbocycles. The zero-order valence-corrected chi connectivity index (χ0v) is 34.1. The van der Waals surface area contributed by atoms with Gasteiger partial charge in [0.1, 0.15) is 41.3 Å². The molecule has 17 heteroatoms. The summed E-state index contributed by atoms with van der Waals surface area (Å²) >= 11 is 1.20. The fourth-order valence-corrected chi connectivity index (χ4v) is 7.64. The monoisotopic (exact) mass is 805 g/mol. The van der Waals surface area contributed by atoms with E-state index in [9.17, 15) is 29.1 Å². The lowest BCUT2D eigenvalue weighted by atomic mass is 9.85. The Hall–Kier alpha value is -5.45. The van der Waals surface area contributed by atoms with E-state index in [-0.39, 0.29) is 31.6 Å². The quantitative estimate of drug-likeness (QED) is 0.157. The molecule has 4 N–H and O–H groups in total. The summed E-state index contributed by atoms with van der Waals surface area (Å²) in [4.78, 5) is 79.1. The number of carboxylic acids is 1. The Kier molecular flexibility index (Phi) is 11.7. The first-order valence-corrected chi connectivity index (χ1v) is 19.9. The van der Waals surface area contributed by atoms with Gasteiger partial charge in [-0.05, 0) is 63.1 Å². The van der Waals surface area contributed by atoms with E-state index in [4.69, 9.17) is 19.2 Å². The van der Waals surface area contributed by atoms with Crippen molar-refractivity contribution >= 4 is 63.0 Å². The molecule has 1 aromatic carbocycles. The number of anilines is 2. The number of ether oxygens (including phenoxy) is 3. The summed E-state index contributed by atoms with van der Waals surface area (Å²) in [5, 5.41) is 20.9. The number of fused-ring (bicyclic) bond motifs is 1. The maximum atomic E-state index is 14.6. The summed E-state index contributed by atoms with van der Waals surface area (Å²) in [5.74, 6) is -2.44. The molecule has 2 saturated carbocycles. The molecule has 0 bridgehead atoms. The van der Waals surface area contributed by atoms with E-state index in [1.54, 1.807) is 46.1 Å². The Morgan fingerprint density at radius 2 is 1.81 bits per heavy atom. The van der Waals surface area contributed by atoms with Gasteiger partial charge >= 0.3 is 18.2 Å². The number of rotatable bonds is 13. The minimum absolute atomic E-state index is 0.0209. The lowest BCUT2D eigenvalue weighted by molar-refractivity contribution is -0.146. The van der Waals surface area contributed by atoms with E-state index in [1.165, 1.54) is 22.3 Å². The van der Waals surface area contributed by atoms with E-state index in [0.717, 1.165) is 24.9 Å². The van der Waals surface area contributed by atoms with Crippen LogP contribution in [0.15, 0.2) is 42.3 Å². The smallest absolute Gasteiger partial charge is 0.413 e. The second-order valence-electron chi connectivity index (χ2n) is 16.4. The third-order valence-corrected chi connectivity index (χ3v) is 11.2. The number of carbonyl (C=O) groups is 5. The molecular weight excluding hydrogens is 755 g/mol. The van der Waals surface area contributed by atoms with Gasteiger partial charge in [-0.3, -0.25) is 14.9 Å². The summed E-state index contributed by atoms with van der Waals surface area (Å²) in [6, 6.07) is 5.19. The number of pyridine rings is 1. The van der Waals surface area contributed by atoms with Crippen LogP contribution in [0.4, 0.5) is 20.4 Å². The first kappa shape index (κ1) is 41.2. The molecule has 306 valence electrons. The van der Waals surface area contributed by atoms with Crippen LogP contribution in [-0.2, 0) is 23.9 Å². The predicted molar refractivity (Wildman–Crippen MR) is 214 cm³/mol. The Morgan fingerprint density at radius 3 is 2.40 bits per heavy atom. The van der Waals surface area contributed by atoms with Crippen molar-refractivity contribution in [3.05, 3.63) is 42.3 Å². The SMILES string of the molecule is C=C[C@@H]1C[C@]1(NC(=O)[C@@H]1CC(Oc2cc(-c3csc(NC(=O)OC(C)C)n3)nc3cc(N(C)C)ccc23)CN1C(=O)[C@@H](NC(=O)OC1CCC1)C(C)(C)C)C(=O)O. The van der Waals surface area contributed by atoms with Gasteiger partial charge in [0.05, 0.1) is 23.9 Å². The van der Waals surface area contributed by atoms with Gasteiger partial charge in [0.15, 0.2) is 5.13 Å². The molecule has 1 unspecified atom stereocenters. The number of benzene rings is 1. The van der Waals surface area contributed by atoms with Crippen LogP contribution in [-0.4, -0.2) is 107 Å². The van der Waals surface area contributed by atoms with E-state index < -0.39 is 65.0 Å². The number of thiazole rings is 1. The van der Waals surface area contributed by atoms with Crippen LogP contribution < -0.4 is 25.6 Å². The van der Waals surface area contributed by atoms with Crippen LogP contribution in [0.5, 0.6) is 5.75 Å². The van der Waals surface area contributed by atoms with E-state index >= 15 is 0 Å². The molecule has 5 atom stereocenters. The second-order valence-corrected chi connectivity index (χ2v) is 17.3. The lowest BCUT2D eigenvalue weighted by Crippen LogP contribution is -2.59. The van der Waals surface area contributed by atoms with Crippen LogP contribution in [0.3, 0.4) is 0 Å². The molecule has 3 aromatic rings. The van der Waals surface area contributed by atoms with Crippen molar-refractivity contribution in [2.24, 2.45) is 11.3 Å². The lowest BCUT2D eigenvalue weighted by Gasteiger charge is -2.36. The molecule has 3 heterocycles. The Balaban J connectivity index is 1.33. The van der Waals surface area contributed by atoms with Gasteiger partial charge in [0.2, 0.25) is 11.8 Å². The summed E-state index contributed by atoms with van der Waals surface area (Å²) in [6.45, 7) is 12.6. The summed E-state index contributed by atoms with van der Waals surface area (Å²) in [7, 11) is 3.82. The van der Waals surface area contributed by atoms with Crippen LogP contribution >= 0.6 is 11.3 Å². The standard InChI is InChI=1S/C40H51N7O9S/c1-9-22-18-40(22,35(50)51)45-33(48)30-16-25(19-47(30)34(49)32(39(4,5)6)43-37(52)56-24-11-10-12-24)55-31-17-28(41-27-15-23(46(7)8)13-14-26(27)31)29-20-57-36(42-29)44-38(53)54-21(2)3/h9,13-15,17,20-22,24-25,30,32H,1,10-12,16,18-19H2,2-8H3,(H,43,52)(H,45,48)(H,50,51)(H,42,44,53)/t22-,25?,30+,32-,40-/m1/s1. The second kappa shape index (κ2) is 16.2. The van der Waals surface area contributed by atoms with Crippen molar-refractivity contribution in [3.63, 3.8) is 0 Å². The fraction of sp³-hybridized carbons (Fsp3) is 0.525. The van der Waals surface area contributed by atoms with Crippen molar-refractivity contribution in [2.75, 3.05) is 30.9 Å². The van der Waals surface area contributed by atoms with Crippen LogP contribution in [0.1, 0.15) is 66.7 Å². The normalized spacial score (nSPS) is 22.2. The predicted octanol–water partition coefficient (Wildman–Crippen LogP) is 5.57. The molecule has 0 radical (unpaired) electrons. The zero-order chi connectivity index (χ0) is 41.4. The Bertz CT molecular complexity index is 2060. The average Bonchev–Trinajstić information content (AvgIpc) is 3.39. The molecule has 3 aliphatic rings. The van der Waals surface area contributed by atoms with Crippen LogP contribution in [0.2, 0.25) is 0 Å². The number of hydrogen-bond donors (Lipinski definition) is 4. The van der Waals surface area contributed by atoms with Crippen molar-refractivity contribution in [1.82, 2.24) is 25.5 Å². The van der Waals surface area contributed by atoms with Crippen molar-refractivity contribution in [1.29, 1.82) is 0 Å². The van der Waals surface area contributed by atoms with Crippen LogP contribution in [0, 0.1) is 11.3 Å². The molecule has 0 spiro atoms. The Labute approximate surface area is 335 Å². The number of nitrogens with zero attached hydrogens (tertiary/aromatic N) is 4. The molecule has 4 amide bonds. The molecule has 1 saturated heterocycles. The summed E-state index contributed by atoms with van der Waals surface area (Å²) < 4.78 is 17.4. The van der Waals surface area contributed by atoms with Gasteiger partial charge in [-0.15, -0.1) is 17.9 Å². The van der Waals surface area contributed by atoms with Crippen molar-refractivity contribution in [3.8, 4) is 17.1 Å². The summed E-state index contributed by atoms with van der Waals surface area (Å²) in [5.41, 5.74) is 0.0559. The number of alkyl carbamates (subject to hydrolysis) is 1. The largest absolute Gasteiger partial charge is 0.488 e. The maximum absolute atomic E-state index is 14.6. The topological polar surface area (TPSA) is 202 Å². The van der Waals surface area contributed by atoms with Crippen molar-refractivity contribution < 1.29 is 43.3 Å². The highest BCUT2D eigenvalue weighted by molar-refractivity contribution is 7.14. The summed E-state index contributed by atoms with van der Waals surface area (Å²) in [6.07, 6.45) is 1.53. The minimum atomic E-state index is -1.53. The highest BCUT2D eigenvalue weighted by Gasteiger charge is 2.61. The first-order chi connectivity index (χ1) is 26.9. The van der Waals surface area contributed by atoms with Crippen molar-refractivity contribution in [2.45, 2.75) is 103 Å². The van der Waals surface area contributed by atoms with Gasteiger partial charge in [-0.2, -0.15) is 0 Å². The molecular formula is C40H51N7O9S. The number of likely N-dealkylation sites (tertiary alicyclic amines) is 1. The third-order valence-electron chi connectivity index (χ3n) is 10.5. The van der Waals surface area contributed by atoms with Gasteiger partial charge in [0.25, 0.3) is 0 Å². The molecule has 57 heavy (non-hydrogen) atoms. The zero-order valence-electron chi connectivity index (χ0n) is 33.3. The van der Waals surface area contributed by atoms with E-state index in [1.807, 2.05) is 37.2 Å². The van der Waals surface area contributed by atoms with E-state index in [0.29, 0.717) is 33.2 Å². The van der Waals surface area contributed by atoms with Gasteiger partial charge in [-0.25, -0.2) is 24.4 Å². The maximum Gasteiger partial charge on any atom is 0.413 e.